The number of piperazine rings is 1. The highest BCUT2D eigenvalue weighted by Crippen LogP contribution is 2.27. The number of rotatable bonds is 5. The predicted molar refractivity (Wildman–Crippen MR) is 135 cm³/mol. The van der Waals surface area contributed by atoms with Crippen molar-refractivity contribution in [2.75, 3.05) is 31.1 Å². The molecule has 3 aromatic rings. The van der Waals surface area contributed by atoms with Gasteiger partial charge in [-0.2, -0.15) is 0 Å². The average molecular weight is 553 g/mol. The van der Waals surface area contributed by atoms with Crippen LogP contribution in [0.3, 0.4) is 0 Å². The van der Waals surface area contributed by atoms with Crippen molar-refractivity contribution in [3.05, 3.63) is 58.3 Å². The van der Waals surface area contributed by atoms with Gasteiger partial charge in [0.25, 0.3) is 0 Å². The number of guanidine groups is 1. The molecule has 0 saturated carbocycles. The van der Waals surface area contributed by atoms with Gasteiger partial charge in [-0.15, -0.1) is 45.5 Å². The van der Waals surface area contributed by atoms with E-state index in [2.05, 4.69) is 42.8 Å². The summed E-state index contributed by atoms with van der Waals surface area (Å²) in [6.07, 6.45) is 0. The van der Waals surface area contributed by atoms with E-state index in [0.29, 0.717) is 12.3 Å². The number of hydrogen-bond donors (Lipinski definition) is 2. The SMILES string of the molecule is Cc1nnc(CN=C(NCc2cccs2)N2CCN(c3ccccc3O)CC2)n1C.I. The first-order valence-electron chi connectivity index (χ1n) is 10.1. The Labute approximate surface area is 203 Å². The van der Waals surface area contributed by atoms with Gasteiger partial charge in [-0.3, -0.25) is 0 Å². The first-order chi connectivity index (χ1) is 14.6. The molecule has 0 spiro atoms. The Balaban J connectivity index is 0.00000272. The zero-order valence-electron chi connectivity index (χ0n) is 17.7. The summed E-state index contributed by atoms with van der Waals surface area (Å²) in [6.45, 7) is 6.44. The van der Waals surface area contributed by atoms with E-state index in [-0.39, 0.29) is 24.0 Å². The molecule has 2 aromatic heterocycles. The van der Waals surface area contributed by atoms with Crippen LogP contribution in [0.2, 0.25) is 0 Å². The Hall–Kier alpha value is -2.34. The summed E-state index contributed by atoms with van der Waals surface area (Å²) in [6, 6.07) is 11.7. The number of nitrogens with zero attached hydrogens (tertiary/aromatic N) is 6. The highest BCUT2D eigenvalue weighted by atomic mass is 127. The van der Waals surface area contributed by atoms with E-state index >= 15 is 0 Å². The topological polar surface area (TPSA) is 81.8 Å². The molecular weight excluding hydrogens is 525 g/mol. The van der Waals surface area contributed by atoms with Crippen LogP contribution in [0, 0.1) is 6.92 Å². The number of nitrogens with one attached hydrogen (secondary N) is 1. The lowest BCUT2D eigenvalue weighted by molar-refractivity contribution is 0.368. The summed E-state index contributed by atoms with van der Waals surface area (Å²) < 4.78 is 1.97. The molecule has 0 amide bonds. The van der Waals surface area contributed by atoms with Crippen molar-refractivity contribution in [2.45, 2.75) is 20.0 Å². The van der Waals surface area contributed by atoms with Crippen LogP contribution in [0.5, 0.6) is 5.75 Å². The summed E-state index contributed by atoms with van der Waals surface area (Å²) in [5, 5.41) is 24.1. The number of thiophene rings is 1. The highest BCUT2D eigenvalue weighted by molar-refractivity contribution is 14.0. The Kier molecular flexibility index (Phi) is 8.13. The molecule has 1 aromatic carbocycles. The molecule has 1 aliphatic heterocycles. The first kappa shape index (κ1) is 23.3. The maximum Gasteiger partial charge on any atom is 0.194 e. The average Bonchev–Trinajstić information content (AvgIpc) is 3.40. The van der Waals surface area contributed by atoms with Gasteiger partial charge in [0.15, 0.2) is 11.8 Å². The smallest absolute Gasteiger partial charge is 0.194 e. The number of aromatic hydroxyl groups is 1. The number of anilines is 1. The Morgan fingerprint density at radius 1 is 1.13 bits per heavy atom. The van der Waals surface area contributed by atoms with Gasteiger partial charge in [0.2, 0.25) is 0 Å². The maximum absolute atomic E-state index is 10.2. The summed E-state index contributed by atoms with van der Waals surface area (Å²) in [7, 11) is 1.96. The second-order valence-corrected chi connectivity index (χ2v) is 8.29. The van der Waals surface area contributed by atoms with E-state index < -0.39 is 0 Å². The molecule has 3 heterocycles. The van der Waals surface area contributed by atoms with Crippen molar-refractivity contribution in [3.63, 3.8) is 0 Å². The fourth-order valence-corrected chi connectivity index (χ4v) is 4.12. The molecule has 31 heavy (non-hydrogen) atoms. The van der Waals surface area contributed by atoms with Gasteiger partial charge in [0, 0.05) is 38.1 Å². The molecule has 4 rings (SSSR count). The zero-order chi connectivity index (χ0) is 20.9. The highest BCUT2D eigenvalue weighted by Gasteiger charge is 2.21. The molecule has 10 heteroatoms. The molecule has 0 unspecified atom stereocenters. The molecule has 0 aliphatic carbocycles. The predicted octanol–water partition coefficient (Wildman–Crippen LogP) is 2.98. The van der Waals surface area contributed by atoms with Crippen LogP contribution >= 0.6 is 35.3 Å². The Morgan fingerprint density at radius 2 is 1.90 bits per heavy atom. The van der Waals surface area contributed by atoms with Crippen molar-refractivity contribution in [1.29, 1.82) is 0 Å². The number of aliphatic imine (C=N–C) groups is 1. The molecule has 0 bridgehead atoms. The van der Waals surface area contributed by atoms with Crippen LogP contribution < -0.4 is 10.2 Å². The number of para-hydroxylation sites is 2. The second kappa shape index (κ2) is 10.8. The van der Waals surface area contributed by atoms with E-state index in [1.165, 1.54) is 4.88 Å². The van der Waals surface area contributed by atoms with Crippen molar-refractivity contribution >= 4 is 47.0 Å². The van der Waals surface area contributed by atoms with Gasteiger partial charge in [-0.05, 0) is 30.5 Å². The monoisotopic (exact) mass is 553 g/mol. The third-order valence-corrected chi connectivity index (χ3v) is 6.23. The lowest BCUT2D eigenvalue weighted by atomic mass is 10.2. The minimum atomic E-state index is 0. The van der Waals surface area contributed by atoms with E-state index in [1.807, 2.05) is 36.7 Å². The fraction of sp³-hybridized carbons (Fsp3) is 0.381. The van der Waals surface area contributed by atoms with Gasteiger partial charge < -0.3 is 24.8 Å². The Morgan fingerprint density at radius 3 is 2.55 bits per heavy atom. The van der Waals surface area contributed by atoms with Crippen molar-refractivity contribution < 1.29 is 5.11 Å². The molecule has 1 aliphatic rings. The van der Waals surface area contributed by atoms with Crippen LogP contribution in [0.25, 0.3) is 0 Å². The van der Waals surface area contributed by atoms with Crippen molar-refractivity contribution in [3.8, 4) is 5.75 Å². The lowest BCUT2D eigenvalue weighted by Crippen LogP contribution is -2.52. The molecule has 2 N–H and O–H groups in total. The third kappa shape index (κ3) is 5.67. The van der Waals surface area contributed by atoms with E-state index in [9.17, 15) is 5.11 Å². The molecular formula is C21H28IN7OS. The van der Waals surface area contributed by atoms with Crippen LogP contribution in [0.15, 0.2) is 46.8 Å². The number of phenols is 1. The molecule has 0 radical (unpaired) electrons. The summed E-state index contributed by atoms with van der Waals surface area (Å²) in [5.74, 6) is 2.93. The van der Waals surface area contributed by atoms with Gasteiger partial charge >= 0.3 is 0 Å². The van der Waals surface area contributed by atoms with Crippen LogP contribution in [-0.2, 0) is 20.1 Å². The molecule has 166 valence electrons. The van der Waals surface area contributed by atoms with Gasteiger partial charge in [-0.25, -0.2) is 4.99 Å². The second-order valence-electron chi connectivity index (χ2n) is 7.26. The summed E-state index contributed by atoms with van der Waals surface area (Å²) in [5.41, 5.74) is 0.886. The lowest BCUT2D eigenvalue weighted by Gasteiger charge is -2.38. The standard InChI is InChI=1S/C21H27N7OS.HI/c1-16-24-25-20(26(16)2)15-23-21(22-14-17-6-5-13-30-17)28-11-9-27(10-12-28)18-7-3-4-8-19(18)29;/h3-8,13,29H,9-12,14-15H2,1-2H3,(H,22,23);1H. The van der Waals surface area contributed by atoms with Crippen molar-refractivity contribution in [1.82, 2.24) is 25.0 Å². The normalized spacial score (nSPS) is 14.5. The van der Waals surface area contributed by atoms with Crippen LogP contribution in [0.1, 0.15) is 16.5 Å². The van der Waals surface area contributed by atoms with Gasteiger partial charge in [0.1, 0.15) is 18.1 Å². The zero-order valence-corrected chi connectivity index (χ0v) is 20.9. The number of benzene rings is 1. The first-order valence-corrected chi connectivity index (χ1v) is 10.9. The van der Waals surface area contributed by atoms with E-state index in [4.69, 9.17) is 4.99 Å². The van der Waals surface area contributed by atoms with Crippen molar-refractivity contribution in [2.24, 2.45) is 12.0 Å². The van der Waals surface area contributed by atoms with Crippen LogP contribution in [-0.4, -0.2) is 56.9 Å². The van der Waals surface area contributed by atoms with E-state index in [1.54, 1.807) is 17.4 Å². The van der Waals surface area contributed by atoms with Gasteiger partial charge in [0.05, 0.1) is 12.2 Å². The maximum atomic E-state index is 10.2. The Bertz CT molecular complexity index is 997. The number of hydrogen-bond acceptors (Lipinski definition) is 6. The summed E-state index contributed by atoms with van der Waals surface area (Å²) >= 11 is 1.73. The minimum Gasteiger partial charge on any atom is -0.506 e. The molecule has 1 fully saturated rings. The molecule has 1 saturated heterocycles. The van der Waals surface area contributed by atoms with Crippen LogP contribution in [0.4, 0.5) is 5.69 Å². The molecule has 8 nitrogen and oxygen atoms in total. The number of aryl methyl sites for hydroxylation is 1. The summed E-state index contributed by atoms with van der Waals surface area (Å²) in [4.78, 5) is 10.6. The number of aromatic nitrogens is 3. The minimum absolute atomic E-state index is 0. The third-order valence-electron chi connectivity index (χ3n) is 5.36. The quantitative estimate of drug-likeness (QED) is 0.288. The van der Waals surface area contributed by atoms with E-state index in [0.717, 1.165) is 56.0 Å². The largest absolute Gasteiger partial charge is 0.506 e. The molecule has 0 atom stereocenters. The number of halogens is 1. The number of phenolic OH excluding ortho intramolecular Hbond substituents is 1. The fourth-order valence-electron chi connectivity index (χ4n) is 3.47. The van der Waals surface area contributed by atoms with Gasteiger partial charge in [-0.1, -0.05) is 18.2 Å².